The van der Waals surface area contributed by atoms with Gasteiger partial charge in [-0.15, -0.1) is 0 Å². The summed E-state index contributed by atoms with van der Waals surface area (Å²) in [7, 11) is -3.59. The molecular weight excluding hydrogens is 326 g/mol. The molecule has 0 radical (unpaired) electrons. The van der Waals surface area contributed by atoms with Crippen LogP contribution >= 0.6 is 0 Å². The summed E-state index contributed by atoms with van der Waals surface area (Å²) in [5.74, 6) is -0.224. The van der Waals surface area contributed by atoms with Gasteiger partial charge in [-0.3, -0.25) is 4.79 Å². The van der Waals surface area contributed by atoms with E-state index in [0.29, 0.717) is 6.54 Å². The molecule has 134 valence electrons. The standard InChI is InChI=1S/C17H27N3O3S/c1-17(2,12-18)20-16(21)9-10-19-24(22,23)15-8-7-13-5-3-4-6-14(13)11-15/h7-8,11,19H,3-6,9-10,12,18H2,1-2H3,(H,20,21). The summed E-state index contributed by atoms with van der Waals surface area (Å²) < 4.78 is 27.3. The van der Waals surface area contributed by atoms with Gasteiger partial charge in [0.05, 0.1) is 4.90 Å². The van der Waals surface area contributed by atoms with Crippen LogP contribution in [0.3, 0.4) is 0 Å². The first-order valence-electron chi connectivity index (χ1n) is 8.36. The molecule has 0 saturated carbocycles. The number of nitrogens with two attached hydrogens (primary N) is 1. The first-order chi connectivity index (χ1) is 11.2. The second-order valence-corrected chi connectivity index (χ2v) is 8.69. The average Bonchev–Trinajstić information content (AvgIpc) is 2.53. The van der Waals surface area contributed by atoms with Crippen molar-refractivity contribution in [3.8, 4) is 0 Å². The predicted molar refractivity (Wildman–Crippen MR) is 94.2 cm³/mol. The lowest BCUT2D eigenvalue weighted by Gasteiger charge is -2.24. The zero-order valence-corrected chi connectivity index (χ0v) is 15.2. The van der Waals surface area contributed by atoms with Gasteiger partial charge in [0.2, 0.25) is 15.9 Å². The van der Waals surface area contributed by atoms with E-state index in [1.54, 1.807) is 12.1 Å². The largest absolute Gasteiger partial charge is 0.350 e. The number of hydrogen-bond acceptors (Lipinski definition) is 4. The van der Waals surface area contributed by atoms with Crippen LogP contribution in [0.1, 0.15) is 44.2 Å². The zero-order valence-electron chi connectivity index (χ0n) is 14.4. The summed E-state index contributed by atoms with van der Waals surface area (Å²) in [6.07, 6.45) is 4.27. The highest BCUT2D eigenvalue weighted by atomic mass is 32.2. The average molecular weight is 353 g/mol. The number of carbonyl (C=O) groups excluding carboxylic acids is 1. The number of hydrogen-bond donors (Lipinski definition) is 3. The summed E-state index contributed by atoms with van der Waals surface area (Å²) in [6, 6.07) is 5.30. The molecule has 1 aliphatic carbocycles. The van der Waals surface area contributed by atoms with E-state index in [-0.39, 0.29) is 23.8 Å². The Bertz CT molecular complexity index is 699. The van der Waals surface area contributed by atoms with Crippen LogP contribution in [0.5, 0.6) is 0 Å². The van der Waals surface area contributed by atoms with Crippen LogP contribution < -0.4 is 15.8 Å². The van der Waals surface area contributed by atoms with Gasteiger partial charge >= 0.3 is 0 Å². The van der Waals surface area contributed by atoms with E-state index < -0.39 is 15.6 Å². The lowest BCUT2D eigenvalue weighted by atomic mass is 9.92. The molecule has 1 amide bonds. The summed E-state index contributed by atoms with van der Waals surface area (Å²) in [4.78, 5) is 12.1. The molecule has 1 aromatic rings. The maximum absolute atomic E-state index is 12.4. The molecule has 0 heterocycles. The van der Waals surface area contributed by atoms with Gasteiger partial charge in [-0.05, 0) is 62.8 Å². The number of benzene rings is 1. The van der Waals surface area contributed by atoms with E-state index in [1.165, 1.54) is 5.56 Å². The highest BCUT2D eigenvalue weighted by Gasteiger charge is 2.20. The summed E-state index contributed by atoms with van der Waals surface area (Å²) in [5, 5.41) is 2.77. The number of carbonyl (C=O) groups is 1. The SMILES string of the molecule is CC(C)(CN)NC(=O)CCNS(=O)(=O)c1ccc2c(c1)CCCC2. The predicted octanol–water partition coefficient (Wildman–Crippen LogP) is 1.09. The van der Waals surface area contributed by atoms with Gasteiger partial charge in [0.25, 0.3) is 0 Å². The third-order valence-electron chi connectivity index (χ3n) is 4.26. The van der Waals surface area contributed by atoms with Gasteiger partial charge in [-0.25, -0.2) is 13.1 Å². The monoisotopic (exact) mass is 353 g/mol. The second kappa shape index (κ2) is 7.63. The summed E-state index contributed by atoms with van der Waals surface area (Å²) >= 11 is 0. The quantitative estimate of drug-likeness (QED) is 0.683. The molecule has 7 heteroatoms. The first kappa shape index (κ1) is 18.9. The lowest BCUT2D eigenvalue weighted by Crippen LogP contribution is -2.49. The van der Waals surface area contributed by atoms with Crippen molar-refractivity contribution in [2.24, 2.45) is 5.73 Å². The fraction of sp³-hybridized carbons (Fsp3) is 0.588. The number of sulfonamides is 1. The normalized spacial score (nSPS) is 15.0. The first-order valence-corrected chi connectivity index (χ1v) is 9.84. The Balaban J connectivity index is 1.93. The van der Waals surface area contributed by atoms with E-state index in [9.17, 15) is 13.2 Å². The van der Waals surface area contributed by atoms with Crippen LogP contribution in [-0.4, -0.2) is 33.0 Å². The van der Waals surface area contributed by atoms with Crippen molar-refractivity contribution in [1.82, 2.24) is 10.0 Å². The molecule has 4 N–H and O–H groups in total. The molecule has 0 atom stereocenters. The second-order valence-electron chi connectivity index (χ2n) is 6.92. The molecule has 6 nitrogen and oxygen atoms in total. The van der Waals surface area contributed by atoms with Crippen LogP contribution in [0, 0.1) is 0 Å². The Morgan fingerprint density at radius 2 is 1.88 bits per heavy atom. The van der Waals surface area contributed by atoms with E-state index in [0.717, 1.165) is 31.2 Å². The van der Waals surface area contributed by atoms with Crippen molar-refractivity contribution < 1.29 is 13.2 Å². The molecule has 0 spiro atoms. The number of nitrogens with one attached hydrogen (secondary N) is 2. The topological polar surface area (TPSA) is 101 Å². The van der Waals surface area contributed by atoms with Crippen LogP contribution in [0.4, 0.5) is 0 Å². The van der Waals surface area contributed by atoms with Crippen molar-refractivity contribution in [3.05, 3.63) is 29.3 Å². The minimum Gasteiger partial charge on any atom is -0.350 e. The number of aryl methyl sites for hydroxylation is 2. The highest BCUT2D eigenvalue weighted by Crippen LogP contribution is 2.23. The molecule has 0 bridgehead atoms. The summed E-state index contributed by atoms with van der Waals surface area (Å²) in [6.45, 7) is 4.02. The number of rotatable bonds is 7. The Labute approximate surface area is 144 Å². The molecule has 24 heavy (non-hydrogen) atoms. The van der Waals surface area contributed by atoms with Crippen molar-refractivity contribution in [3.63, 3.8) is 0 Å². The summed E-state index contributed by atoms with van der Waals surface area (Å²) in [5.41, 5.74) is 7.42. The minimum absolute atomic E-state index is 0.0614. The van der Waals surface area contributed by atoms with Gasteiger partial charge in [0, 0.05) is 25.0 Å². The minimum atomic E-state index is -3.59. The van der Waals surface area contributed by atoms with Crippen LogP contribution in [0.15, 0.2) is 23.1 Å². The van der Waals surface area contributed by atoms with E-state index in [4.69, 9.17) is 5.73 Å². The van der Waals surface area contributed by atoms with Crippen LogP contribution in [0.25, 0.3) is 0 Å². The fourth-order valence-corrected chi connectivity index (χ4v) is 3.83. The Morgan fingerprint density at radius 3 is 2.54 bits per heavy atom. The van der Waals surface area contributed by atoms with Gasteiger partial charge in [-0.1, -0.05) is 6.07 Å². The Morgan fingerprint density at radius 1 is 1.21 bits per heavy atom. The third kappa shape index (κ3) is 5.03. The Kier molecular flexibility index (Phi) is 6.01. The number of amides is 1. The van der Waals surface area contributed by atoms with Gasteiger partial charge in [0.1, 0.15) is 0 Å². The molecule has 0 saturated heterocycles. The highest BCUT2D eigenvalue weighted by molar-refractivity contribution is 7.89. The van der Waals surface area contributed by atoms with Crippen molar-refractivity contribution in [2.75, 3.05) is 13.1 Å². The molecule has 1 aromatic carbocycles. The Hall–Kier alpha value is -1.44. The van der Waals surface area contributed by atoms with E-state index in [2.05, 4.69) is 10.0 Å². The molecule has 1 aliphatic rings. The maximum atomic E-state index is 12.4. The maximum Gasteiger partial charge on any atom is 0.240 e. The van der Waals surface area contributed by atoms with Gasteiger partial charge < -0.3 is 11.1 Å². The molecule has 0 aromatic heterocycles. The van der Waals surface area contributed by atoms with Gasteiger partial charge in [0.15, 0.2) is 0 Å². The van der Waals surface area contributed by atoms with Crippen LogP contribution in [0.2, 0.25) is 0 Å². The number of fused-ring (bicyclic) bond motifs is 1. The van der Waals surface area contributed by atoms with Crippen molar-refractivity contribution in [1.29, 1.82) is 0 Å². The van der Waals surface area contributed by atoms with Gasteiger partial charge in [-0.2, -0.15) is 0 Å². The van der Waals surface area contributed by atoms with Crippen molar-refractivity contribution in [2.45, 2.75) is 56.4 Å². The smallest absolute Gasteiger partial charge is 0.240 e. The molecule has 2 rings (SSSR count). The zero-order chi connectivity index (χ0) is 17.8. The van der Waals surface area contributed by atoms with E-state index in [1.807, 2.05) is 19.9 Å². The lowest BCUT2D eigenvalue weighted by molar-refractivity contribution is -0.122. The molecule has 0 unspecified atom stereocenters. The fourth-order valence-electron chi connectivity index (χ4n) is 2.75. The molecule has 0 aliphatic heterocycles. The molecular formula is C17H27N3O3S. The van der Waals surface area contributed by atoms with Crippen LogP contribution in [-0.2, 0) is 27.7 Å². The van der Waals surface area contributed by atoms with E-state index >= 15 is 0 Å². The molecule has 0 fully saturated rings. The van der Waals surface area contributed by atoms with Crippen molar-refractivity contribution >= 4 is 15.9 Å². The third-order valence-corrected chi connectivity index (χ3v) is 5.72.